The van der Waals surface area contributed by atoms with E-state index in [9.17, 15) is 9.59 Å². The molecule has 1 fully saturated rings. The van der Waals surface area contributed by atoms with Gasteiger partial charge in [0.2, 0.25) is 5.91 Å². The molecule has 7 nitrogen and oxygen atoms in total. The van der Waals surface area contributed by atoms with Crippen LogP contribution in [0.3, 0.4) is 0 Å². The molecule has 0 radical (unpaired) electrons. The summed E-state index contributed by atoms with van der Waals surface area (Å²) in [5, 5.41) is 0.450. The number of pyridine rings is 1. The molecule has 1 amide bonds. The first-order valence-corrected chi connectivity index (χ1v) is 15.0. The summed E-state index contributed by atoms with van der Waals surface area (Å²) in [4.78, 5) is 39.9. The zero-order valence-electron chi connectivity index (χ0n) is 28.1. The van der Waals surface area contributed by atoms with E-state index in [1.54, 1.807) is 46.0 Å². The van der Waals surface area contributed by atoms with Crippen molar-refractivity contribution in [3.63, 3.8) is 0 Å². The number of anilines is 1. The maximum absolute atomic E-state index is 16.4. The fraction of sp³-hybridized carbons (Fsp3) is 0.333. The summed E-state index contributed by atoms with van der Waals surface area (Å²) in [6.07, 6.45) is 4.42. The maximum Gasteiger partial charge on any atom is 0.354 e. The quantitative estimate of drug-likeness (QED) is 0.213. The Morgan fingerprint density at radius 1 is 1.07 bits per heavy atom. The van der Waals surface area contributed by atoms with Gasteiger partial charge in [-0.05, 0) is 66.6 Å². The average molecular weight is 596 g/mol. The maximum atomic E-state index is 16.4. The van der Waals surface area contributed by atoms with Gasteiger partial charge >= 0.3 is 5.69 Å². The van der Waals surface area contributed by atoms with Crippen molar-refractivity contribution in [2.75, 3.05) is 18.0 Å². The van der Waals surface area contributed by atoms with Gasteiger partial charge in [0.15, 0.2) is 0 Å². The van der Waals surface area contributed by atoms with Gasteiger partial charge < -0.3 is 9.80 Å². The van der Waals surface area contributed by atoms with Crippen LogP contribution in [0, 0.1) is 5.82 Å². The second kappa shape index (κ2) is 12.2. The third-order valence-electron chi connectivity index (χ3n) is 8.39. The first-order valence-electron chi connectivity index (χ1n) is 16.0. The summed E-state index contributed by atoms with van der Waals surface area (Å²) >= 11 is 0. The highest BCUT2D eigenvalue weighted by Crippen LogP contribution is 2.38. The smallest absolute Gasteiger partial charge is 0.347 e. The molecule has 0 spiro atoms. The number of carbonyl (C=O) groups excluding carboxylic acids is 1. The molecule has 44 heavy (non-hydrogen) atoms. The minimum Gasteiger partial charge on any atom is -0.347 e. The number of amides is 1. The Balaban J connectivity index is 1.89. The van der Waals surface area contributed by atoms with Crippen molar-refractivity contribution in [2.45, 2.75) is 65.5 Å². The number of aromatic nitrogens is 3. The van der Waals surface area contributed by atoms with Crippen molar-refractivity contribution in [2.24, 2.45) is 0 Å². The number of fused-ring (bicyclic) bond motifs is 1. The topological polar surface area (TPSA) is 71.3 Å². The number of hydrogen-bond acceptors (Lipinski definition) is 5. The molecular formula is C36H40FN5O2. The first-order chi connectivity index (χ1) is 21.8. The fourth-order valence-corrected chi connectivity index (χ4v) is 6.38. The Morgan fingerprint density at radius 3 is 2.41 bits per heavy atom. The molecular weight excluding hydrogens is 553 g/mol. The highest BCUT2D eigenvalue weighted by atomic mass is 19.1. The van der Waals surface area contributed by atoms with E-state index in [1.165, 1.54) is 18.2 Å². The predicted octanol–water partition coefficient (Wildman–Crippen LogP) is 7.09. The molecule has 8 heteroatoms. The highest BCUT2D eigenvalue weighted by Gasteiger charge is 2.34. The molecule has 0 aliphatic carbocycles. The van der Waals surface area contributed by atoms with Gasteiger partial charge in [-0.25, -0.2) is 9.18 Å². The largest absolute Gasteiger partial charge is 0.354 e. The molecule has 1 saturated heterocycles. The third-order valence-corrected chi connectivity index (χ3v) is 8.39. The van der Waals surface area contributed by atoms with Crippen LogP contribution in [0.25, 0.3) is 33.8 Å². The van der Waals surface area contributed by atoms with Crippen LogP contribution < -0.4 is 10.6 Å². The number of rotatable bonds is 7. The van der Waals surface area contributed by atoms with Crippen molar-refractivity contribution in [1.82, 2.24) is 19.4 Å². The monoisotopic (exact) mass is 595 g/mol. The molecule has 4 aromatic rings. The van der Waals surface area contributed by atoms with Crippen molar-refractivity contribution >= 4 is 28.7 Å². The Hall–Kier alpha value is -4.59. The summed E-state index contributed by atoms with van der Waals surface area (Å²) in [5.74, 6) is -0.327. The van der Waals surface area contributed by atoms with Gasteiger partial charge in [-0.1, -0.05) is 71.1 Å². The van der Waals surface area contributed by atoms with Crippen LogP contribution in [-0.4, -0.2) is 50.5 Å². The molecule has 0 unspecified atom stereocenters. The minimum atomic E-state index is -0.529. The van der Waals surface area contributed by atoms with Gasteiger partial charge in [0, 0.05) is 42.3 Å². The summed E-state index contributed by atoms with van der Waals surface area (Å²) < 4.78 is 33.4. The lowest BCUT2D eigenvalue weighted by Crippen LogP contribution is -2.58. The first kappa shape index (κ1) is 28.2. The van der Waals surface area contributed by atoms with E-state index in [-0.39, 0.29) is 35.4 Å². The van der Waals surface area contributed by atoms with Crippen LogP contribution in [0.1, 0.15) is 72.9 Å². The minimum absolute atomic E-state index is 0.0239. The number of benzene rings is 2. The standard InChI is InChI=1S/C36H40FN5O2/c1-9-25-13-11-12-14-27(25)28-18-31-29(17-30(28)37)35(41-23(7)19-40(20-24(41)8)32(43)10-2)39-36(44)42(31)34-26(21(3)4)15-16-38-33(34)22(5)6/h9-18,21-24H,1-2,19-20H2,3-8H3/t23-,24-/m0/s1/i1D2. The summed E-state index contributed by atoms with van der Waals surface area (Å²) in [5.41, 5.74) is 3.46. The van der Waals surface area contributed by atoms with Crippen LogP contribution in [0.5, 0.6) is 0 Å². The number of hydrogen-bond donors (Lipinski definition) is 0. The van der Waals surface area contributed by atoms with E-state index in [0.29, 0.717) is 46.6 Å². The van der Waals surface area contributed by atoms with Crippen molar-refractivity contribution < 1.29 is 11.9 Å². The van der Waals surface area contributed by atoms with E-state index in [1.807, 2.05) is 38.7 Å². The highest BCUT2D eigenvalue weighted by molar-refractivity contribution is 5.95. The van der Waals surface area contributed by atoms with Crippen molar-refractivity contribution in [3.05, 3.63) is 101 Å². The molecule has 2 aromatic carbocycles. The summed E-state index contributed by atoms with van der Waals surface area (Å²) in [6, 6.07) is 11.6. The van der Waals surface area contributed by atoms with Crippen LogP contribution >= 0.6 is 0 Å². The van der Waals surface area contributed by atoms with Gasteiger partial charge in [-0.3, -0.25) is 14.3 Å². The fourth-order valence-electron chi connectivity index (χ4n) is 6.38. The van der Waals surface area contributed by atoms with Gasteiger partial charge in [0.25, 0.3) is 0 Å². The molecule has 0 saturated carbocycles. The zero-order valence-corrected chi connectivity index (χ0v) is 26.1. The van der Waals surface area contributed by atoms with Gasteiger partial charge in [0.05, 0.1) is 19.6 Å². The zero-order chi connectivity index (χ0) is 33.4. The van der Waals surface area contributed by atoms with E-state index in [0.717, 1.165) is 11.3 Å². The normalized spacial score (nSPS) is 17.6. The Labute approximate surface area is 261 Å². The lowest BCUT2D eigenvalue weighted by molar-refractivity contribution is -0.127. The predicted molar refractivity (Wildman–Crippen MR) is 177 cm³/mol. The third kappa shape index (κ3) is 5.34. The SMILES string of the molecule is [2H]C([2H])=Cc1ccccc1-c1cc2c(cc1F)c(N1[C@@H](C)CN(C(=O)C=C)C[C@@H]1C)nc(=O)n2-c1c(C(C)C)ccnc1C(C)C. The summed E-state index contributed by atoms with van der Waals surface area (Å²) in [7, 11) is 0. The lowest BCUT2D eigenvalue weighted by atomic mass is 9.95. The molecule has 5 rings (SSSR count). The molecule has 1 aliphatic heterocycles. The Morgan fingerprint density at radius 2 is 1.77 bits per heavy atom. The van der Waals surface area contributed by atoms with Crippen molar-refractivity contribution in [1.29, 1.82) is 0 Å². The molecule has 0 bridgehead atoms. The van der Waals surface area contributed by atoms with Gasteiger partial charge in [0.1, 0.15) is 11.6 Å². The van der Waals surface area contributed by atoms with Crippen LogP contribution in [0.2, 0.25) is 0 Å². The second-order valence-corrected chi connectivity index (χ2v) is 12.1. The average Bonchev–Trinajstić information content (AvgIpc) is 3.00. The second-order valence-electron chi connectivity index (χ2n) is 12.1. The molecule has 2 atom stereocenters. The number of halogens is 1. The molecule has 3 heterocycles. The molecule has 1 aliphatic rings. The van der Waals surface area contributed by atoms with E-state index in [2.05, 4.69) is 25.4 Å². The van der Waals surface area contributed by atoms with E-state index < -0.39 is 18.0 Å². The van der Waals surface area contributed by atoms with Crippen LogP contribution in [-0.2, 0) is 4.79 Å². The van der Waals surface area contributed by atoms with Gasteiger partial charge in [-0.15, -0.1) is 0 Å². The van der Waals surface area contributed by atoms with Gasteiger partial charge in [-0.2, -0.15) is 4.98 Å². The number of piperazine rings is 1. The summed E-state index contributed by atoms with van der Waals surface area (Å²) in [6.45, 7) is 16.1. The van der Waals surface area contributed by atoms with E-state index >= 15 is 4.39 Å². The molecule has 2 aromatic heterocycles. The van der Waals surface area contributed by atoms with Crippen LogP contribution in [0.15, 0.2) is 72.6 Å². The Bertz CT molecular complexity index is 1880. The van der Waals surface area contributed by atoms with Crippen molar-refractivity contribution in [3.8, 4) is 16.8 Å². The van der Waals surface area contributed by atoms with Crippen LogP contribution in [0.4, 0.5) is 10.2 Å². The Kier molecular flexibility index (Phi) is 7.81. The number of carbonyl (C=O) groups is 1. The lowest BCUT2D eigenvalue weighted by Gasteiger charge is -2.45. The van der Waals surface area contributed by atoms with E-state index in [4.69, 9.17) is 7.73 Å². The molecule has 228 valence electrons. The molecule has 0 N–H and O–H groups in total. The number of nitrogens with zero attached hydrogens (tertiary/aromatic N) is 5.